The number of benzene rings is 1. The van der Waals surface area contributed by atoms with Gasteiger partial charge in [-0.05, 0) is 12.1 Å². The van der Waals surface area contributed by atoms with Crippen LogP contribution in [-0.4, -0.2) is 0 Å². The van der Waals surface area contributed by atoms with Crippen LogP contribution in [0.25, 0.3) is 0 Å². The molecule has 0 amide bonds. The molecule has 2 nitrogen and oxygen atoms in total. The Morgan fingerprint density at radius 1 is 1.21 bits per heavy atom. The Bertz CT molecular complexity index is 565. The fourth-order valence-corrected chi connectivity index (χ4v) is 2.93. The van der Waals surface area contributed by atoms with Gasteiger partial charge in [-0.1, -0.05) is 11.6 Å². The number of nitrogens with one attached hydrogen (secondary N) is 1. The summed E-state index contributed by atoms with van der Waals surface area (Å²) in [6.07, 6.45) is 0.257. The van der Waals surface area contributed by atoms with Crippen LogP contribution in [0.4, 0.5) is 13.2 Å². The summed E-state index contributed by atoms with van der Waals surface area (Å²) in [6.45, 7) is 0. The Hall–Kier alpha value is -1.08. The van der Waals surface area contributed by atoms with Gasteiger partial charge in [-0.2, -0.15) is 0 Å². The summed E-state index contributed by atoms with van der Waals surface area (Å²) in [5, 5.41) is 0. The first-order valence-corrected chi connectivity index (χ1v) is 6.55. The highest BCUT2D eigenvalue weighted by atomic mass is 35.5. The standard InChI is InChI=1S/C12H10ClF3N2S/c13-11-2-1-7(19-11)5-10(18-17)12-8(15)3-6(14)4-9(12)16/h1-4,10,18H,5,17H2. The summed E-state index contributed by atoms with van der Waals surface area (Å²) in [4.78, 5) is 0.816. The zero-order valence-corrected chi connectivity index (χ0v) is 11.2. The fraction of sp³-hybridized carbons (Fsp3) is 0.167. The molecule has 0 saturated heterocycles. The zero-order chi connectivity index (χ0) is 14.0. The summed E-state index contributed by atoms with van der Waals surface area (Å²) in [7, 11) is 0. The fourth-order valence-electron chi connectivity index (χ4n) is 1.79. The van der Waals surface area contributed by atoms with Crippen molar-refractivity contribution < 1.29 is 13.2 Å². The Labute approximate surface area is 117 Å². The summed E-state index contributed by atoms with van der Waals surface area (Å²) in [5.41, 5.74) is 2.05. The summed E-state index contributed by atoms with van der Waals surface area (Å²) < 4.78 is 40.7. The lowest BCUT2D eigenvalue weighted by Crippen LogP contribution is -2.31. The van der Waals surface area contributed by atoms with E-state index >= 15 is 0 Å². The van der Waals surface area contributed by atoms with E-state index in [4.69, 9.17) is 17.4 Å². The van der Waals surface area contributed by atoms with Gasteiger partial charge in [0, 0.05) is 29.0 Å². The van der Waals surface area contributed by atoms with Crippen molar-refractivity contribution in [3.63, 3.8) is 0 Å². The van der Waals surface area contributed by atoms with E-state index < -0.39 is 23.5 Å². The molecular formula is C12H10ClF3N2S. The largest absolute Gasteiger partial charge is 0.271 e. The lowest BCUT2D eigenvalue weighted by molar-refractivity contribution is 0.463. The van der Waals surface area contributed by atoms with Crippen LogP contribution in [-0.2, 0) is 6.42 Å². The Morgan fingerprint density at radius 3 is 2.32 bits per heavy atom. The number of rotatable bonds is 4. The van der Waals surface area contributed by atoms with Gasteiger partial charge >= 0.3 is 0 Å². The molecule has 0 aliphatic heterocycles. The van der Waals surface area contributed by atoms with Gasteiger partial charge in [0.05, 0.1) is 10.4 Å². The van der Waals surface area contributed by atoms with E-state index in [1.54, 1.807) is 12.1 Å². The number of thiophene rings is 1. The highest BCUT2D eigenvalue weighted by Gasteiger charge is 2.21. The Balaban J connectivity index is 2.32. The highest BCUT2D eigenvalue weighted by Crippen LogP contribution is 2.29. The average Bonchev–Trinajstić information content (AvgIpc) is 2.72. The third-order valence-electron chi connectivity index (χ3n) is 2.63. The second kappa shape index (κ2) is 5.92. The molecule has 1 unspecified atom stereocenters. The molecule has 0 radical (unpaired) electrons. The SMILES string of the molecule is NNC(Cc1ccc(Cl)s1)c1c(F)cc(F)cc1F. The van der Waals surface area contributed by atoms with Gasteiger partial charge in [-0.25, -0.2) is 13.2 Å². The van der Waals surface area contributed by atoms with Crippen LogP contribution in [0.2, 0.25) is 4.34 Å². The molecule has 0 fully saturated rings. The predicted octanol–water partition coefficient (Wildman–Crippen LogP) is 3.57. The molecule has 7 heteroatoms. The van der Waals surface area contributed by atoms with Crippen molar-refractivity contribution in [2.75, 3.05) is 0 Å². The summed E-state index contributed by atoms with van der Waals surface area (Å²) in [5.74, 6) is 2.43. The molecule has 0 saturated carbocycles. The second-order valence-electron chi connectivity index (χ2n) is 3.91. The first kappa shape index (κ1) is 14.3. The molecule has 2 aromatic rings. The van der Waals surface area contributed by atoms with E-state index in [2.05, 4.69) is 5.43 Å². The lowest BCUT2D eigenvalue weighted by Gasteiger charge is -2.17. The maximum absolute atomic E-state index is 13.7. The minimum absolute atomic E-state index is 0.257. The van der Waals surface area contributed by atoms with Crippen LogP contribution >= 0.6 is 22.9 Å². The van der Waals surface area contributed by atoms with Crippen molar-refractivity contribution in [2.24, 2.45) is 5.84 Å². The van der Waals surface area contributed by atoms with E-state index in [1.165, 1.54) is 11.3 Å². The van der Waals surface area contributed by atoms with E-state index in [-0.39, 0.29) is 12.0 Å². The Morgan fingerprint density at radius 2 is 1.84 bits per heavy atom. The lowest BCUT2D eigenvalue weighted by atomic mass is 10.0. The molecule has 19 heavy (non-hydrogen) atoms. The Kier molecular flexibility index (Phi) is 4.46. The first-order valence-electron chi connectivity index (χ1n) is 5.36. The van der Waals surface area contributed by atoms with Gasteiger partial charge in [0.25, 0.3) is 0 Å². The highest BCUT2D eigenvalue weighted by molar-refractivity contribution is 7.16. The number of hydrogen-bond donors (Lipinski definition) is 2. The van der Waals surface area contributed by atoms with E-state index in [1.807, 2.05) is 0 Å². The maximum Gasteiger partial charge on any atom is 0.133 e. The third-order valence-corrected chi connectivity index (χ3v) is 3.88. The molecule has 1 aromatic carbocycles. The van der Waals surface area contributed by atoms with Gasteiger partial charge in [0.15, 0.2) is 0 Å². The van der Waals surface area contributed by atoms with Gasteiger partial charge < -0.3 is 0 Å². The monoisotopic (exact) mass is 306 g/mol. The third kappa shape index (κ3) is 3.27. The molecule has 0 aliphatic rings. The van der Waals surface area contributed by atoms with Crippen molar-refractivity contribution in [3.05, 3.63) is 56.5 Å². The molecule has 1 atom stereocenters. The van der Waals surface area contributed by atoms with Crippen molar-refractivity contribution in [2.45, 2.75) is 12.5 Å². The average molecular weight is 307 g/mol. The molecular weight excluding hydrogens is 297 g/mol. The molecule has 0 aliphatic carbocycles. The van der Waals surface area contributed by atoms with Gasteiger partial charge in [-0.3, -0.25) is 11.3 Å². The number of nitrogens with two attached hydrogens (primary N) is 1. The summed E-state index contributed by atoms with van der Waals surface area (Å²) in [6, 6.07) is 3.90. The topological polar surface area (TPSA) is 38.0 Å². The molecule has 1 heterocycles. The van der Waals surface area contributed by atoms with Crippen LogP contribution in [0.15, 0.2) is 24.3 Å². The predicted molar refractivity (Wildman–Crippen MR) is 69.4 cm³/mol. The van der Waals surface area contributed by atoms with Crippen molar-refractivity contribution in [1.82, 2.24) is 5.43 Å². The van der Waals surface area contributed by atoms with Crippen molar-refractivity contribution in [1.29, 1.82) is 0 Å². The van der Waals surface area contributed by atoms with Crippen LogP contribution in [0, 0.1) is 17.5 Å². The molecule has 0 bridgehead atoms. The van der Waals surface area contributed by atoms with Gasteiger partial charge in [0.1, 0.15) is 17.5 Å². The van der Waals surface area contributed by atoms with Crippen molar-refractivity contribution >= 4 is 22.9 Å². The molecule has 1 aromatic heterocycles. The number of hydrazine groups is 1. The smallest absolute Gasteiger partial charge is 0.133 e. The number of halogens is 4. The van der Waals surface area contributed by atoms with Crippen LogP contribution in [0.5, 0.6) is 0 Å². The maximum atomic E-state index is 13.7. The van der Waals surface area contributed by atoms with E-state index in [0.717, 1.165) is 4.88 Å². The molecule has 102 valence electrons. The minimum Gasteiger partial charge on any atom is -0.271 e. The van der Waals surface area contributed by atoms with E-state index in [0.29, 0.717) is 16.5 Å². The quantitative estimate of drug-likeness (QED) is 0.669. The molecule has 3 N–H and O–H groups in total. The zero-order valence-electron chi connectivity index (χ0n) is 9.59. The van der Waals surface area contributed by atoms with Gasteiger partial charge in [0.2, 0.25) is 0 Å². The molecule has 2 rings (SSSR count). The van der Waals surface area contributed by atoms with Crippen LogP contribution in [0.3, 0.4) is 0 Å². The molecule has 0 spiro atoms. The number of hydrogen-bond acceptors (Lipinski definition) is 3. The second-order valence-corrected chi connectivity index (χ2v) is 5.71. The van der Waals surface area contributed by atoms with Crippen LogP contribution in [0.1, 0.15) is 16.5 Å². The van der Waals surface area contributed by atoms with Crippen molar-refractivity contribution in [3.8, 4) is 0 Å². The van der Waals surface area contributed by atoms with Crippen LogP contribution < -0.4 is 11.3 Å². The van der Waals surface area contributed by atoms with Gasteiger partial charge in [-0.15, -0.1) is 11.3 Å². The first-order chi connectivity index (χ1) is 9.01. The minimum atomic E-state index is -0.969. The van der Waals surface area contributed by atoms with E-state index in [9.17, 15) is 13.2 Å². The normalized spacial score (nSPS) is 12.7. The summed E-state index contributed by atoms with van der Waals surface area (Å²) >= 11 is 7.08.